The molecule has 2 heterocycles. The first-order valence-electron chi connectivity index (χ1n) is 9.87. The number of aromatic hydroxyl groups is 1. The Morgan fingerprint density at radius 3 is 2.33 bits per heavy atom. The van der Waals surface area contributed by atoms with Crippen LogP contribution in [-0.2, 0) is 6.54 Å². The van der Waals surface area contributed by atoms with Crippen LogP contribution in [0.15, 0.2) is 30.0 Å². The first kappa shape index (κ1) is 20.1. The molecule has 1 N–H and O–H groups in total. The van der Waals surface area contributed by atoms with Gasteiger partial charge in [-0.2, -0.15) is 0 Å². The van der Waals surface area contributed by atoms with Crippen molar-refractivity contribution in [1.82, 2.24) is 4.90 Å². The highest BCUT2D eigenvalue weighted by Crippen LogP contribution is 2.42. The Labute approximate surface area is 175 Å². The number of fused-ring (bicyclic) bond motifs is 1. The second-order valence-electron chi connectivity index (χ2n) is 7.32. The van der Waals surface area contributed by atoms with Crippen molar-refractivity contribution in [2.24, 2.45) is 0 Å². The van der Waals surface area contributed by atoms with Crippen LogP contribution in [0.3, 0.4) is 0 Å². The van der Waals surface area contributed by atoms with Gasteiger partial charge in [-0.3, -0.25) is 9.69 Å². The molecule has 1 saturated heterocycles. The van der Waals surface area contributed by atoms with Gasteiger partial charge in [0.15, 0.2) is 17.3 Å². The average Bonchev–Trinajstić information content (AvgIpc) is 3.37. The Hall–Kier alpha value is -3.19. The lowest BCUT2D eigenvalue weighted by Gasteiger charge is -2.17. The number of Topliss-reactive ketones (excluding diaryl/α,β-unsaturated/α-hetero) is 1. The van der Waals surface area contributed by atoms with Gasteiger partial charge in [-0.1, -0.05) is 0 Å². The van der Waals surface area contributed by atoms with Crippen molar-refractivity contribution in [3.8, 4) is 28.7 Å². The molecular weight excluding hydrogens is 386 g/mol. The Morgan fingerprint density at radius 2 is 1.73 bits per heavy atom. The molecule has 2 aliphatic rings. The fraction of sp³-hybridized carbons (Fsp3) is 0.348. The molecule has 2 aromatic carbocycles. The first-order chi connectivity index (χ1) is 14.5. The summed E-state index contributed by atoms with van der Waals surface area (Å²) in [5.41, 5.74) is 1.78. The van der Waals surface area contributed by atoms with E-state index in [0.717, 1.165) is 25.9 Å². The van der Waals surface area contributed by atoms with Gasteiger partial charge in [0.05, 0.1) is 32.5 Å². The summed E-state index contributed by atoms with van der Waals surface area (Å²) >= 11 is 0. The van der Waals surface area contributed by atoms with Crippen LogP contribution < -0.4 is 18.9 Å². The molecule has 0 saturated carbocycles. The topological polar surface area (TPSA) is 77.5 Å². The number of likely N-dealkylation sites (tertiary alicyclic amines) is 1. The summed E-state index contributed by atoms with van der Waals surface area (Å²) in [4.78, 5) is 15.2. The van der Waals surface area contributed by atoms with E-state index in [2.05, 4.69) is 4.90 Å². The van der Waals surface area contributed by atoms with Crippen LogP contribution in [0.25, 0.3) is 6.08 Å². The molecule has 7 nitrogen and oxygen atoms in total. The number of phenols is 1. The molecule has 7 heteroatoms. The van der Waals surface area contributed by atoms with E-state index in [-0.39, 0.29) is 17.3 Å². The third kappa shape index (κ3) is 3.57. The minimum Gasteiger partial charge on any atom is -0.507 e. The summed E-state index contributed by atoms with van der Waals surface area (Å²) in [6.07, 6.45) is 3.92. The molecule has 30 heavy (non-hydrogen) atoms. The van der Waals surface area contributed by atoms with Gasteiger partial charge in [0.1, 0.15) is 11.5 Å². The van der Waals surface area contributed by atoms with E-state index < -0.39 is 0 Å². The van der Waals surface area contributed by atoms with Crippen LogP contribution in [0.5, 0.6) is 28.7 Å². The molecule has 0 amide bonds. The highest BCUT2D eigenvalue weighted by molar-refractivity contribution is 6.15. The van der Waals surface area contributed by atoms with E-state index in [1.807, 2.05) is 0 Å². The summed E-state index contributed by atoms with van der Waals surface area (Å²) in [5.74, 6) is 1.99. The third-order valence-electron chi connectivity index (χ3n) is 5.48. The van der Waals surface area contributed by atoms with E-state index in [4.69, 9.17) is 18.9 Å². The van der Waals surface area contributed by atoms with Crippen molar-refractivity contribution in [2.75, 3.05) is 34.4 Å². The lowest BCUT2D eigenvalue weighted by atomic mass is 10.0. The number of carbonyl (C=O) groups excluding carboxylic acids is 1. The summed E-state index contributed by atoms with van der Waals surface area (Å²) in [7, 11) is 4.61. The zero-order valence-electron chi connectivity index (χ0n) is 17.4. The molecule has 2 aromatic rings. The molecule has 2 aliphatic heterocycles. The molecule has 0 spiro atoms. The second kappa shape index (κ2) is 8.28. The minimum absolute atomic E-state index is 0.141. The van der Waals surface area contributed by atoms with Gasteiger partial charge in [-0.25, -0.2) is 0 Å². The molecule has 0 bridgehead atoms. The van der Waals surface area contributed by atoms with E-state index in [1.165, 1.54) is 21.3 Å². The number of carbonyl (C=O) groups is 1. The number of nitrogens with zero attached hydrogens (tertiary/aromatic N) is 1. The Morgan fingerprint density at radius 1 is 1.07 bits per heavy atom. The highest BCUT2D eigenvalue weighted by atomic mass is 16.5. The summed E-state index contributed by atoms with van der Waals surface area (Å²) in [5, 5.41) is 10.4. The Balaban J connectivity index is 1.70. The summed E-state index contributed by atoms with van der Waals surface area (Å²) in [6.45, 7) is 2.51. The van der Waals surface area contributed by atoms with Crippen LogP contribution in [0.2, 0.25) is 0 Å². The lowest BCUT2D eigenvalue weighted by molar-refractivity contribution is 0.101. The predicted molar refractivity (Wildman–Crippen MR) is 112 cm³/mol. The molecular formula is C23H25NO6. The standard InChI is InChI=1S/C23H25NO6/c1-27-19-11-14(12-20(28-2)23(19)29-3)10-18-21(26)15-6-7-17(25)16(22(15)30-18)13-24-8-4-5-9-24/h6-7,10-12,25H,4-5,8-9,13H2,1-3H3/b18-10+. The Kier molecular flexibility index (Phi) is 5.55. The molecule has 0 unspecified atom stereocenters. The number of allylic oxidation sites excluding steroid dienone is 1. The van der Waals surface area contributed by atoms with Crippen LogP contribution in [0.4, 0.5) is 0 Å². The smallest absolute Gasteiger partial charge is 0.231 e. The molecule has 0 radical (unpaired) electrons. The number of ketones is 1. The quantitative estimate of drug-likeness (QED) is 0.728. The lowest BCUT2D eigenvalue weighted by Crippen LogP contribution is -2.18. The monoisotopic (exact) mass is 411 g/mol. The molecule has 0 atom stereocenters. The van der Waals surface area contributed by atoms with Crippen LogP contribution in [-0.4, -0.2) is 50.2 Å². The second-order valence-corrected chi connectivity index (χ2v) is 7.32. The van der Waals surface area contributed by atoms with Crippen molar-refractivity contribution in [3.63, 3.8) is 0 Å². The van der Waals surface area contributed by atoms with E-state index in [0.29, 0.717) is 46.2 Å². The van der Waals surface area contributed by atoms with E-state index >= 15 is 0 Å². The Bertz CT molecular complexity index is 982. The fourth-order valence-electron chi connectivity index (χ4n) is 3.95. The number of rotatable bonds is 6. The van der Waals surface area contributed by atoms with Crippen molar-refractivity contribution >= 4 is 11.9 Å². The van der Waals surface area contributed by atoms with Crippen molar-refractivity contribution in [1.29, 1.82) is 0 Å². The van der Waals surface area contributed by atoms with Gasteiger partial charge in [0.2, 0.25) is 11.5 Å². The van der Waals surface area contributed by atoms with Crippen LogP contribution in [0.1, 0.15) is 34.3 Å². The molecule has 0 aliphatic carbocycles. The SMILES string of the molecule is COc1cc(/C=C2/Oc3c(ccc(O)c3CN3CCCC3)C2=O)cc(OC)c1OC. The number of phenolic OH excluding ortho intramolecular Hbond substituents is 1. The molecule has 1 fully saturated rings. The van der Waals surface area contributed by atoms with Crippen LogP contribution >= 0.6 is 0 Å². The van der Waals surface area contributed by atoms with Gasteiger partial charge in [0, 0.05) is 6.54 Å². The van der Waals surface area contributed by atoms with Gasteiger partial charge in [-0.15, -0.1) is 0 Å². The van der Waals surface area contributed by atoms with Gasteiger partial charge >= 0.3 is 0 Å². The van der Waals surface area contributed by atoms with Crippen molar-refractivity contribution in [3.05, 3.63) is 46.7 Å². The summed E-state index contributed by atoms with van der Waals surface area (Å²) in [6, 6.07) is 6.66. The molecule has 4 rings (SSSR count). The molecule has 158 valence electrons. The van der Waals surface area contributed by atoms with Gasteiger partial charge < -0.3 is 24.1 Å². The van der Waals surface area contributed by atoms with Crippen LogP contribution in [0, 0.1) is 0 Å². The number of methoxy groups -OCH3 is 3. The van der Waals surface area contributed by atoms with Crippen molar-refractivity contribution in [2.45, 2.75) is 19.4 Å². The van der Waals surface area contributed by atoms with E-state index in [9.17, 15) is 9.90 Å². The normalized spacial score (nSPS) is 17.2. The number of hydrogen-bond acceptors (Lipinski definition) is 7. The zero-order valence-corrected chi connectivity index (χ0v) is 17.4. The largest absolute Gasteiger partial charge is 0.507 e. The van der Waals surface area contributed by atoms with E-state index in [1.54, 1.807) is 30.3 Å². The maximum Gasteiger partial charge on any atom is 0.231 e. The maximum absolute atomic E-state index is 13.0. The highest BCUT2D eigenvalue weighted by Gasteiger charge is 2.32. The maximum atomic E-state index is 13.0. The zero-order chi connectivity index (χ0) is 21.3. The molecule has 0 aromatic heterocycles. The van der Waals surface area contributed by atoms with Crippen molar-refractivity contribution < 1.29 is 28.8 Å². The third-order valence-corrected chi connectivity index (χ3v) is 5.48. The number of ether oxygens (including phenoxy) is 4. The predicted octanol–water partition coefficient (Wildman–Crippen LogP) is 3.63. The van der Waals surface area contributed by atoms with Gasteiger partial charge in [-0.05, 0) is 61.8 Å². The number of benzene rings is 2. The van der Waals surface area contributed by atoms with Gasteiger partial charge in [0.25, 0.3) is 0 Å². The fourth-order valence-corrected chi connectivity index (χ4v) is 3.95. The average molecular weight is 411 g/mol. The summed E-state index contributed by atoms with van der Waals surface area (Å²) < 4.78 is 22.1. The number of hydrogen-bond donors (Lipinski definition) is 1. The first-order valence-corrected chi connectivity index (χ1v) is 9.87. The minimum atomic E-state index is -0.221.